The predicted octanol–water partition coefficient (Wildman–Crippen LogP) is 2.52. The normalized spacial score (nSPS) is 15.8. The van der Waals surface area contributed by atoms with Crippen molar-refractivity contribution < 1.29 is 9.15 Å². The molecule has 7 heteroatoms. The zero-order valence-corrected chi connectivity index (χ0v) is 13.5. The van der Waals surface area contributed by atoms with Gasteiger partial charge in [0, 0.05) is 37.1 Å². The Kier molecular flexibility index (Phi) is 5.42. The van der Waals surface area contributed by atoms with Crippen molar-refractivity contribution in [3.63, 3.8) is 0 Å². The minimum atomic E-state index is 0.290. The minimum absolute atomic E-state index is 0.290. The molecule has 0 radical (unpaired) electrons. The Labute approximate surface area is 139 Å². The molecule has 3 rings (SSSR count). The maximum absolute atomic E-state index is 9.17. The van der Waals surface area contributed by atoms with Crippen LogP contribution in [0.4, 0.5) is 5.88 Å². The summed E-state index contributed by atoms with van der Waals surface area (Å²) < 4.78 is 10.9. The summed E-state index contributed by atoms with van der Waals surface area (Å²) in [4.78, 5) is 7.62. The molecule has 0 unspecified atom stereocenters. The lowest BCUT2D eigenvalue weighted by molar-refractivity contribution is 0.0398. The van der Waals surface area contributed by atoms with E-state index in [1.165, 1.54) is 0 Å². The molecule has 2 aromatic rings. The predicted molar refractivity (Wildman–Crippen MR) is 90.2 cm³/mol. The van der Waals surface area contributed by atoms with Crippen LogP contribution in [0.1, 0.15) is 16.5 Å². The van der Waals surface area contributed by atoms with E-state index in [0.717, 1.165) is 37.7 Å². The van der Waals surface area contributed by atoms with Gasteiger partial charge in [0.1, 0.15) is 6.07 Å². The van der Waals surface area contributed by atoms with Crippen LogP contribution in [-0.2, 0) is 4.74 Å². The van der Waals surface area contributed by atoms with Crippen molar-refractivity contribution in [3.8, 4) is 6.07 Å². The van der Waals surface area contributed by atoms with Crippen LogP contribution in [0.15, 0.2) is 21.9 Å². The molecule has 0 atom stereocenters. The average molecular weight is 330 g/mol. The number of hydrogen-bond acceptors (Lipinski definition) is 7. The molecule has 3 heterocycles. The summed E-state index contributed by atoms with van der Waals surface area (Å²) in [5.41, 5.74) is 0.290. The zero-order valence-electron chi connectivity index (χ0n) is 12.7. The van der Waals surface area contributed by atoms with E-state index in [-0.39, 0.29) is 5.69 Å². The molecular formula is C16H18N4O2S. The summed E-state index contributed by atoms with van der Waals surface area (Å²) in [6, 6.07) is 6.06. The molecule has 0 aromatic carbocycles. The SMILES string of the molecule is N#Cc1nc(/C=C/c2cccs2)oc1NCCN1CCOCC1. The van der Waals surface area contributed by atoms with Crippen molar-refractivity contribution in [1.29, 1.82) is 5.26 Å². The Morgan fingerprint density at radius 2 is 2.26 bits per heavy atom. The van der Waals surface area contributed by atoms with Crippen LogP contribution >= 0.6 is 11.3 Å². The highest BCUT2D eigenvalue weighted by atomic mass is 32.1. The molecule has 1 aliphatic heterocycles. The third-order valence-electron chi connectivity index (χ3n) is 3.50. The first-order valence-corrected chi connectivity index (χ1v) is 8.39. The van der Waals surface area contributed by atoms with Crippen LogP contribution in [0.25, 0.3) is 12.2 Å². The summed E-state index contributed by atoms with van der Waals surface area (Å²) in [5.74, 6) is 0.871. The summed E-state index contributed by atoms with van der Waals surface area (Å²) in [6.45, 7) is 5.04. The number of rotatable bonds is 6. The number of morpholine rings is 1. The van der Waals surface area contributed by atoms with Crippen LogP contribution in [0, 0.1) is 11.3 Å². The second-order valence-corrected chi connectivity index (χ2v) is 6.05. The molecule has 23 heavy (non-hydrogen) atoms. The topological polar surface area (TPSA) is 74.3 Å². The van der Waals surface area contributed by atoms with Crippen LogP contribution in [0.2, 0.25) is 0 Å². The summed E-state index contributed by atoms with van der Waals surface area (Å²) in [5, 5.41) is 14.3. The molecule has 0 saturated carbocycles. The van der Waals surface area contributed by atoms with E-state index in [9.17, 15) is 5.26 Å². The Hall–Kier alpha value is -2.14. The van der Waals surface area contributed by atoms with E-state index in [2.05, 4.69) is 21.3 Å². The number of anilines is 1. The fourth-order valence-electron chi connectivity index (χ4n) is 2.30. The number of oxazole rings is 1. The first-order valence-electron chi connectivity index (χ1n) is 7.51. The van der Waals surface area contributed by atoms with Gasteiger partial charge in [-0.2, -0.15) is 10.2 Å². The molecule has 120 valence electrons. The second kappa shape index (κ2) is 7.92. The summed E-state index contributed by atoms with van der Waals surface area (Å²) in [7, 11) is 0. The van der Waals surface area contributed by atoms with Gasteiger partial charge in [0.2, 0.25) is 17.5 Å². The van der Waals surface area contributed by atoms with Gasteiger partial charge >= 0.3 is 0 Å². The van der Waals surface area contributed by atoms with E-state index in [1.807, 2.05) is 23.6 Å². The van der Waals surface area contributed by atoms with E-state index < -0.39 is 0 Å². The van der Waals surface area contributed by atoms with Gasteiger partial charge in [-0.25, -0.2) is 0 Å². The molecule has 1 saturated heterocycles. The average Bonchev–Trinajstić information content (AvgIpc) is 3.23. The van der Waals surface area contributed by atoms with Gasteiger partial charge < -0.3 is 14.5 Å². The molecule has 1 fully saturated rings. The van der Waals surface area contributed by atoms with Crippen LogP contribution in [-0.4, -0.2) is 49.3 Å². The number of hydrogen-bond donors (Lipinski definition) is 1. The highest BCUT2D eigenvalue weighted by Gasteiger charge is 2.13. The maximum Gasteiger partial charge on any atom is 0.232 e. The first-order chi connectivity index (χ1) is 11.3. The fourth-order valence-corrected chi connectivity index (χ4v) is 2.91. The lowest BCUT2D eigenvalue weighted by atomic mass is 10.4. The van der Waals surface area contributed by atoms with Gasteiger partial charge in [-0.05, 0) is 17.5 Å². The molecule has 2 aromatic heterocycles. The van der Waals surface area contributed by atoms with Gasteiger partial charge in [0.05, 0.1) is 13.2 Å². The fraction of sp³-hybridized carbons (Fsp3) is 0.375. The largest absolute Gasteiger partial charge is 0.420 e. The maximum atomic E-state index is 9.17. The van der Waals surface area contributed by atoms with Gasteiger partial charge in [-0.15, -0.1) is 11.3 Å². The highest BCUT2D eigenvalue weighted by Crippen LogP contribution is 2.19. The van der Waals surface area contributed by atoms with Crippen molar-refractivity contribution in [2.24, 2.45) is 0 Å². The van der Waals surface area contributed by atoms with Crippen LogP contribution in [0.3, 0.4) is 0 Å². The van der Waals surface area contributed by atoms with E-state index >= 15 is 0 Å². The van der Waals surface area contributed by atoms with Gasteiger partial charge in [0.15, 0.2) is 0 Å². The smallest absolute Gasteiger partial charge is 0.232 e. The monoisotopic (exact) mass is 330 g/mol. The number of aromatic nitrogens is 1. The van der Waals surface area contributed by atoms with Crippen molar-refractivity contribution in [2.75, 3.05) is 44.7 Å². The molecule has 1 aliphatic rings. The molecule has 1 N–H and O–H groups in total. The molecule has 0 spiro atoms. The Morgan fingerprint density at radius 1 is 1.39 bits per heavy atom. The highest BCUT2D eigenvalue weighted by molar-refractivity contribution is 7.10. The number of nitrogens with zero attached hydrogens (tertiary/aromatic N) is 3. The van der Waals surface area contributed by atoms with Crippen molar-refractivity contribution in [2.45, 2.75) is 0 Å². The zero-order chi connectivity index (χ0) is 15.9. The van der Waals surface area contributed by atoms with E-state index in [4.69, 9.17) is 9.15 Å². The van der Waals surface area contributed by atoms with E-state index in [0.29, 0.717) is 18.3 Å². The third kappa shape index (κ3) is 4.42. The molecular weight excluding hydrogens is 312 g/mol. The van der Waals surface area contributed by atoms with Crippen molar-refractivity contribution in [3.05, 3.63) is 34.0 Å². The number of nitriles is 1. The Balaban J connectivity index is 1.57. The molecule has 0 bridgehead atoms. The number of nitrogens with one attached hydrogen (secondary N) is 1. The van der Waals surface area contributed by atoms with Crippen molar-refractivity contribution in [1.82, 2.24) is 9.88 Å². The minimum Gasteiger partial charge on any atom is -0.420 e. The third-order valence-corrected chi connectivity index (χ3v) is 4.34. The Bertz CT molecular complexity index is 681. The van der Waals surface area contributed by atoms with Crippen molar-refractivity contribution >= 4 is 29.4 Å². The molecule has 0 aliphatic carbocycles. The van der Waals surface area contributed by atoms with Gasteiger partial charge in [-0.1, -0.05) is 6.07 Å². The summed E-state index contributed by atoms with van der Waals surface area (Å²) >= 11 is 1.64. The van der Waals surface area contributed by atoms with Crippen LogP contribution in [0.5, 0.6) is 0 Å². The quantitative estimate of drug-likeness (QED) is 0.877. The second-order valence-electron chi connectivity index (χ2n) is 5.07. The standard InChI is InChI=1S/C16H18N4O2S/c17-12-14-16(18-5-6-20-7-9-21-10-8-20)22-15(19-14)4-3-13-2-1-11-23-13/h1-4,11,18H,5-10H2/b4-3+. The first kappa shape index (κ1) is 15.7. The molecule has 0 amide bonds. The van der Waals surface area contributed by atoms with Crippen LogP contribution < -0.4 is 5.32 Å². The lowest BCUT2D eigenvalue weighted by Crippen LogP contribution is -2.39. The van der Waals surface area contributed by atoms with E-state index in [1.54, 1.807) is 17.4 Å². The number of ether oxygens (including phenoxy) is 1. The van der Waals surface area contributed by atoms with Gasteiger partial charge in [-0.3, -0.25) is 4.90 Å². The molecule has 6 nitrogen and oxygen atoms in total. The Morgan fingerprint density at radius 3 is 3.00 bits per heavy atom. The number of thiophene rings is 1. The van der Waals surface area contributed by atoms with Gasteiger partial charge in [0.25, 0.3) is 0 Å². The lowest BCUT2D eigenvalue weighted by Gasteiger charge is -2.26. The summed E-state index contributed by atoms with van der Waals surface area (Å²) in [6.07, 6.45) is 3.70.